The number of nitrogens with one attached hydrogen (secondary N) is 1. The summed E-state index contributed by atoms with van der Waals surface area (Å²) in [5, 5.41) is 3.44. The first-order valence-electron chi connectivity index (χ1n) is 6.18. The third-order valence-corrected chi connectivity index (χ3v) is 3.02. The molecule has 2 aromatic rings. The monoisotopic (exact) mass is 245 g/mol. The van der Waals surface area contributed by atoms with Crippen LogP contribution >= 0.6 is 0 Å². The van der Waals surface area contributed by atoms with E-state index in [0.717, 1.165) is 29.2 Å². The van der Waals surface area contributed by atoms with Gasteiger partial charge in [-0.1, -0.05) is 25.1 Å². The summed E-state index contributed by atoms with van der Waals surface area (Å²) in [6.45, 7) is 5.00. The van der Waals surface area contributed by atoms with E-state index in [1.165, 1.54) is 0 Å². The van der Waals surface area contributed by atoms with Gasteiger partial charge in [0.05, 0.1) is 19.4 Å². The van der Waals surface area contributed by atoms with Gasteiger partial charge in [-0.25, -0.2) is 0 Å². The van der Waals surface area contributed by atoms with Crippen LogP contribution in [0.3, 0.4) is 0 Å². The zero-order chi connectivity index (χ0) is 13.0. The van der Waals surface area contributed by atoms with Gasteiger partial charge in [-0.05, 0) is 31.2 Å². The van der Waals surface area contributed by atoms with E-state index in [4.69, 9.17) is 9.15 Å². The Kier molecular flexibility index (Phi) is 4.05. The Morgan fingerprint density at radius 1 is 1.28 bits per heavy atom. The highest BCUT2D eigenvalue weighted by Crippen LogP contribution is 2.31. The lowest BCUT2D eigenvalue weighted by Gasteiger charge is -2.19. The Bertz CT molecular complexity index is 505. The van der Waals surface area contributed by atoms with Crippen LogP contribution in [0.15, 0.2) is 41.0 Å². The zero-order valence-electron chi connectivity index (χ0n) is 11.1. The number of methoxy groups -OCH3 is 1. The molecule has 0 aliphatic heterocycles. The van der Waals surface area contributed by atoms with E-state index in [1.54, 1.807) is 13.4 Å². The maximum absolute atomic E-state index is 5.61. The van der Waals surface area contributed by atoms with Crippen molar-refractivity contribution in [2.45, 2.75) is 19.9 Å². The first kappa shape index (κ1) is 12.7. The highest BCUT2D eigenvalue weighted by molar-refractivity contribution is 5.40. The van der Waals surface area contributed by atoms with Gasteiger partial charge in [0.1, 0.15) is 11.5 Å². The Morgan fingerprint density at radius 2 is 2.06 bits per heavy atom. The van der Waals surface area contributed by atoms with E-state index >= 15 is 0 Å². The van der Waals surface area contributed by atoms with Crippen molar-refractivity contribution in [3.8, 4) is 5.75 Å². The van der Waals surface area contributed by atoms with Crippen molar-refractivity contribution in [2.24, 2.45) is 0 Å². The highest BCUT2D eigenvalue weighted by atomic mass is 16.5. The molecule has 0 spiro atoms. The molecule has 0 amide bonds. The van der Waals surface area contributed by atoms with E-state index in [1.807, 2.05) is 24.3 Å². The maximum Gasteiger partial charge on any atom is 0.128 e. The molecule has 1 N–H and O–H groups in total. The predicted molar refractivity (Wildman–Crippen MR) is 72.0 cm³/mol. The molecule has 3 heteroatoms. The molecule has 18 heavy (non-hydrogen) atoms. The summed E-state index contributed by atoms with van der Waals surface area (Å²) >= 11 is 0. The van der Waals surface area contributed by atoms with E-state index in [0.29, 0.717) is 0 Å². The zero-order valence-corrected chi connectivity index (χ0v) is 11.1. The van der Waals surface area contributed by atoms with Crippen LogP contribution in [0.25, 0.3) is 0 Å². The van der Waals surface area contributed by atoms with Crippen molar-refractivity contribution in [3.05, 3.63) is 53.5 Å². The second kappa shape index (κ2) is 5.74. The average molecular weight is 245 g/mol. The van der Waals surface area contributed by atoms with Gasteiger partial charge in [0.15, 0.2) is 0 Å². The molecule has 0 radical (unpaired) electrons. The summed E-state index contributed by atoms with van der Waals surface area (Å²) in [6, 6.07) is 10.0. The van der Waals surface area contributed by atoms with Gasteiger partial charge < -0.3 is 14.5 Å². The lowest BCUT2D eigenvalue weighted by Crippen LogP contribution is -2.22. The second-order valence-electron chi connectivity index (χ2n) is 4.20. The Morgan fingerprint density at radius 3 is 2.67 bits per heavy atom. The normalized spacial score (nSPS) is 12.4. The summed E-state index contributed by atoms with van der Waals surface area (Å²) in [7, 11) is 1.69. The largest absolute Gasteiger partial charge is 0.496 e. The molecule has 0 saturated heterocycles. The van der Waals surface area contributed by atoms with Gasteiger partial charge >= 0.3 is 0 Å². The topological polar surface area (TPSA) is 34.4 Å². The van der Waals surface area contributed by atoms with Crippen LogP contribution in [0.4, 0.5) is 0 Å². The minimum Gasteiger partial charge on any atom is -0.496 e. The second-order valence-corrected chi connectivity index (χ2v) is 4.20. The number of hydrogen-bond donors (Lipinski definition) is 1. The minimum absolute atomic E-state index is 0.0288. The maximum atomic E-state index is 5.61. The Hall–Kier alpha value is -1.74. The number of ether oxygens (including phenoxy) is 1. The molecule has 0 saturated carbocycles. The number of benzene rings is 1. The Labute approximate surface area is 108 Å². The smallest absolute Gasteiger partial charge is 0.128 e. The van der Waals surface area contributed by atoms with Crippen molar-refractivity contribution in [1.29, 1.82) is 0 Å². The van der Waals surface area contributed by atoms with Gasteiger partial charge in [0.2, 0.25) is 0 Å². The van der Waals surface area contributed by atoms with E-state index in [-0.39, 0.29) is 6.04 Å². The number of para-hydroxylation sites is 1. The highest BCUT2D eigenvalue weighted by Gasteiger charge is 2.21. The molecule has 96 valence electrons. The van der Waals surface area contributed by atoms with Crippen LogP contribution in [0.2, 0.25) is 0 Å². The van der Waals surface area contributed by atoms with E-state index < -0.39 is 0 Å². The molecular formula is C15H19NO2. The first-order chi connectivity index (χ1) is 8.77. The van der Waals surface area contributed by atoms with Crippen LogP contribution < -0.4 is 10.1 Å². The lowest BCUT2D eigenvalue weighted by molar-refractivity contribution is 0.393. The van der Waals surface area contributed by atoms with E-state index in [2.05, 4.69) is 25.2 Å². The molecule has 2 rings (SSSR count). The molecule has 1 aromatic carbocycles. The van der Waals surface area contributed by atoms with Crippen LogP contribution in [-0.2, 0) is 0 Å². The summed E-state index contributed by atoms with van der Waals surface area (Å²) < 4.78 is 11.0. The lowest BCUT2D eigenvalue weighted by atomic mass is 10.0. The van der Waals surface area contributed by atoms with Crippen molar-refractivity contribution in [1.82, 2.24) is 5.32 Å². The van der Waals surface area contributed by atoms with Gasteiger partial charge in [-0.3, -0.25) is 0 Å². The third-order valence-electron chi connectivity index (χ3n) is 3.02. The number of hydrogen-bond acceptors (Lipinski definition) is 3. The van der Waals surface area contributed by atoms with Crippen molar-refractivity contribution in [3.63, 3.8) is 0 Å². The molecule has 1 heterocycles. The molecule has 0 aliphatic rings. The first-order valence-corrected chi connectivity index (χ1v) is 6.18. The predicted octanol–water partition coefficient (Wildman–Crippen LogP) is 3.30. The van der Waals surface area contributed by atoms with Crippen LogP contribution in [0, 0.1) is 6.92 Å². The van der Waals surface area contributed by atoms with Gasteiger partial charge in [-0.2, -0.15) is 0 Å². The number of aryl methyl sites for hydroxylation is 1. The molecular weight excluding hydrogens is 226 g/mol. The van der Waals surface area contributed by atoms with Gasteiger partial charge in [0.25, 0.3) is 0 Å². The van der Waals surface area contributed by atoms with Gasteiger partial charge in [0, 0.05) is 5.56 Å². The standard InChI is InChI=1S/C15H19NO2/c1-4-16-14(15-11(2)9-10-18-15)12-7-5-6-8-13(12)17-3/h5-10,14,16H,4H2,1-3H3. The Balaban J connectivity index is 2.45. The van der Waals surface area contributed by atoms with Crippen LogP contribution in [-0.4, -0.2) is 13.7 Å². The quantitative estimate of drug-likeness (QED) is 0.877. The summed E-state index contributed by atoms with van der Waals surface area (Å²) in [5.41, 5.74) is 2.24. The van der Waals surface area contributed by atoms with Crippen molar-refractivity contribution < 1.29 is 9.15 Å². The SMILES string of the molecule is CCNC(c1ccccc1OC)c1occc1C. The molecule has 1 unspecified atom stereocenters. The molecule has 0 bridgehead atoms. The van der Waals surface area contributed by atoms with Gasteiger partial charge in [-0.15, -0.1) is 0 Å². The minimum atomic E-state index is 0.0288. The molecule has 1 atom stereocenters. The molecule has 0 aliphatic carbocycles. The molecule has 3 nitrogen and oxygen atoms in total. The van der Waals surface area contributed by atoms with Crippen molar-refractivity contribution >= 4 is 0 Å². The van der Waals surface area contributed by atoms with Crippen molar-refractivity contribution in [2.75, 3.05) is 13.7 Å². The van der Waals surface area contributed by atoms with Crippen LogP contribution in [0.1, 0.15) is 29.9 Å². The summed E-state index contributed by atoms with van der Waals surface area (Å²) in [6.07, 6.45) is 1.73. The fraction of sp³-hybridized carbons (Fsp3) is 0.333. The summed E-state index contributed by atoms with van der Waals surface area (Å²) in [5.74, 6) is 1.82. The third kappa shape index (κ3) is 2.41. The number of rotatable bonds is 5. The van der Waals surface area contributed by atoms with E-state index in [9.17, 15) is 0 Å². The molecule has 1 aromatic heterocycles. The van der Waals surface area contributed by atoms with Crippen LogP contribution in [0.5, 0.6) is 5.75 Å². The fourth-order valence-electron chi connectivity index (χ4n) is 2.13. The fourth-order valence-corrected chi connectivity index (χ4v) is 2.13. The molecule has 0 fully saturated rings. The average Bonchev–Trinajstić information content (AvgIpc) is 2.82. The number of furan rings is 1. The summed E-state index contributed by atoms with van der Waals surface area (Å²) in [4.78, 5) is 0.